The Bertz CT molecular complexity index is 440. The van der Waals surface area contributed by atoms with E-state index in [4.69, 9.17) is 4.74 Å². The fourth-order valence-corrected chi connectivity index (χ4v) is 2.59. The lowest BCUT2D eigenvalue weighted by Gasteiger charge is -2.28. The van der Waals surface area contributed by atoms with Crippen LogP contribution >= 0.6 is 0 Å². The lowest BCUT2D eigenvalue weighted by Crippen LogP contribution is -2.32. The minimum Gasteiger partial charge on any atom is -0.377 e. The number of likely N-dealkylation sites (N-methyl/N-ethyl adjacent to an activating group) is 1. The maximum atomic E-state index is 12.7. The van der Waals surface area contributed by atoms with Crippen molar-refractivity contribution in [1.29, 1.82) is 0 Å². The van der Waals surface area contributed by atoms with Crippen LogP contribution in [0.1, 0.15) is 49.4 Å². The number of rotatable bonds is 7. The van der Waals surface area contributed by atoms with Gasteiger partial charge >= 0.3 is 6.18 Å². The Morgan fingerprint density at radius 2 is 1.90 bits per heavy atom. The number of aryl methyl sites for hydroxylation is 1. The Hall–Kier alpha value is -1.07. The van der Waals surface area contributed by atoms with Crippen molar-refractivity contribution in [3.8, 4) is 0 Å². The molecule has 0 saturated carbocycles. The standard InChI is InChI=1S/C16H24F3NO/c1-5-7-14(21-6-2)15(20-4)13-9-8-12(10-11(13)3)16(17,18)19/h8-10,14-15,20H,5-7H2,1-4H3. The third kappa shape index (κ3) is 4.71. The van der Waals surface area contributed by atoms with Gasteiger partial charge in [0.15, 0.2) is 0 Å². The topological polar surface area (TPSA) is 21.3 Å². The van der Waals surface area contributed by atoms with E-state index in [0.717, 1.165) is 24.5 Å². The van der Waals surface area contributed by atoms with Crippen molar-refractivity contribution in [1.82, 2.24) is 5.32 Å². The van der Waals surface area contributed by atoms with Crippen LogP contribution in [0, 0.1) is 6.92 Å². The largest absolute Gasteiger partial charge is 0.416 e. The van der Waals surface area contributed by atoms with E-state index in [9.17, 15) is 13.2 Å². The highest BCUT2D eigenvalue weighted by molar-refractivity contribution is 5.35. The van der Waals surface area contributed by atoms with Crippen LogP contribution in [0.15, 0.2) is 18.2 Å². The molecule has 0 saturated heterocycles. The molecule has 0 bridgehead atoms. The summed E-state index contributed by atoms with van der Waals surface area (Å²) >= 11 is 0. The van der Waals surface area contributed by atoms with Gasteiger partial charge in [0.25, 0.3) is 0 Å². The van der Waals surface area contributed by atoms with Crippen molar-refractivity contribution in [2.45, 2.75) is 51.9 Å². The van der Waals surface area contributed by atoms with Gasteiger partial charge in [0.05, 0.1) is 17.7 Å². The van der Waals surface area contributed by atoms with Gasteiger partial charge in [-0.3, -0.25) is 0 Å². The summed E-state index contributed by atoms with van der Waals surface area (Å²) in [6, 6.07) is 3.80. The number of hydrogen-bond acceptors (Lipinski definition) is 2. The van der Waals surface area contributed by atoms with Crippen LogP contribution in [0.25, 0.3) is 0 Å². The molecule has 2 atom stereocenters. The van der Waals surface area contributed by atoms with E-state index >= 15 is 0 Å². The molecule has 1 N–H and O–H groups in total. The molecule has 0 aliphatic rings. The van der Waals surface area contributed by atoms with Gasteiger partial charge in [0.1, 0.15) is 0 Å². The fourth-order valence-electron chi connectivity index (χ4n) is 2.59. The van der Waals surface area contributed by atoms with Crippen LogP contribution < -0.4 is 5.32 Å². The number of benzene rings is 1. The number of nitrogens with one attached hydrogen (secondary N) is 1. The maximum absolute atomic E-state index is 12.7. The minimum atomic E-state index is -4.30. The monoisotopic (exact) mass is 303 g/mol. The third-order valence-corrected chi connectivity index (χ3v) is 3.57. The number of ether oxygens (including phenoxy) is 1. The second-order valence-electron chi connectivity index (χ2n) is 5.12. The summed E-state index contributed by atoms with van der Waals surface area (Å²) in [6.45, 7) is 6.29. The second kappa shape index (κ2) is 7.80. The van der Waals surface area contributed by atoms with Gasteiger partial charge in [-0.05, 0) is 50.6 Å². The van der Waals surface area contributed by atoms with Gasteiger partial charge in [0.2, 0.25) is 0 Å². The molecule has 1 rings (SSSR count). The zero-order chi connectivity index (χ0) is 16.0. The van der Waals surface area contributed by atoms with E-state index in [1.807, 2.05) is 14.0 Å². The van der Waals surface area contributed by atoms with Gasteiger partial charge < -0.3 is 10.1 Å². The molecule has 120 valence electrons. The quantitative estimate of drug-likeness (QED) is 0.802. The summed E-state index contributed by atoms with van der Waals surface area (Å²) in [6.07, 6.45) is -2.52. The zero-order valence-corrected chi connectivity index (χ0v) is 13.1. The van der Waals surface area contributed by atoms with Crippen molar-refractivity contribution in [3.05, 3.63) is 34.9 Å². The number of hydrogen-bond donors (Lipinski definition) is 1. The Morgan fingerprint density at radius 1 is 1.24 bits per heavy atom. The van der Waals surface area contributed by atoms with Crippen LogP contribution in [0.4, 0.5) is 13.2 Å². The highest BCUT2D eigenvalue weighted by atomic mass is 19.4. The second-order valence-corrected chi connectivity index (χ2v) is 5.12. The van der Waals surface area contributed by atoms with Gasteiger partial charge in [0, 0.05) is 6.61 Å². The molecule has 0 radical (unpaired) electrons. The van der Waals surface area contributed by atoms with Crippen LogP contribution in [0.3, 0.4) is 0 Å². The molecule has 1 aromatic rings. The van der Waals surface area contributed by atoms with E-state index < -0.39 is 11.7 Å². The molecule has 1 aromatic carbocycles. The minimum absolute atomic E-state index is 0.0413. The Morgan fingerprint density at radius 3 is 2.33 bits per heavy atom. The van der Waals surface area contributed by atoms with E-state index in [-0.39, 0.29) is 12.1 Å². The summed E-state index contributed by atoms with van der Waals surface area (Å²) in [5.41, 5.74) is 0.879. The zero-order valence-electron chi connectivity index (χ0n) is 13.1. The van der Waals surface area contributed by atoms with Gasteiger partial charge in [-0.1, -0.05) is 19.4 Å². The molecule has 21 heavy (non-hydrogen) atoms. The average Bonchev–Trinajstić information content (AvgIpc) is 2.40. The number of halogens is 3. The molecule has 0 heterocycles. The summed E-state index contributed by atoms with van der Waals surface area (Å²) in [5.74, 6) is 0. The lowest BCUT2D eigenvalue weighted by atomic mass is 9.93. The predicted molar refractivity (Wildman–Crippen MR) is 78.3 cm³/mol. The average molecular weight is 303 g/mol. The van der Waals surface area contributed by atoms with E-state index in [0.29, 0.717) is 12.2 Å². The Kier molecular flexibility index (Phi) is 6.68. The highest BCUT2D eigenvalue weighted by Crippen LogP contribution is 2.33. The summed E-state index contributed by atoms with van der Waals surface area (Å²) < 4.78 is 44.0. The van der Waals surface area contributed by atoms with Gasteiger partial charge in [-0.15, -0.1) is 0 Å². The highest BCUT2D eigenvalue weighted by Gasteiger charge is 2.31. The van der Waals surface area contributed by atoms with E-state index in [1.165, 1.54) is 6.07 Å². The summed E-state index contributed by atoms with van der Waals surface area (Å²) in [5, 5.41) is 3.18. The maximum Gasteiger partial charge on any atom is 0.416 e. The Labute approximate surface area is 124 Å². The first-order chi connectivity index (χ1) is 9.85. The van der Waals surface area contributed by atoms with Crippen molar-refractivity contribution in [2.24, 2.45) is 0 Å². The lowest BCUT2D eigenvalue weighted by molar-refractivity contribution is -0.137. The van der Waals surface area contributed by atoms with E-state index in [1.54, 1.807) is 13.0 Å². The predicted octanol–water partition coefficient (Wildman–Crippen LogP) is 4.48. The van der Waals surface area contributed by atoms with Crippen molar-refractivity contribution in [3.63, 3.8) is 0 Å². The normalized spacial score (nSPS) is 15.0. The summed E-state index contributed by atoms with van der Waals surface area (Å²) in [4.78, 5) is 0. The smallest absolute Gasteiger partial charge is 0.377 e. The first kappa shape index (κ1) is 18.0. The molecule has 0 spiro atoms. The van der Waals surface area contributed by atoms with Crippen LogP contribution in [-0.4, -0.2) is 19.8 Å². The molecular formula is C16H24F3NO. The van der Waals surface area contributed by atoms with Crippen LogP contribution in [0.2, 0.25) is 0 Å². The third-order valence-electron chi connectivity index (χ3n) is 3.57. The van der Waals surface area contributed by atoms with Crippen molar-refractivity contribution in [2.75, 3.05) is 13.7 Å². The fraction of sp³-hybridized carbons (Fsp3) is 0.625. The molecule has 2 nitrogen and oxygen atoms in total. The van der Waals surface area contributed by atoms with Gasteiger partial charge in [-0.2, -0.15) is 13.2 Å². The molecule has 0 amide bonds. The first-order valence-electron chi connectivity index (χ1n) is 7.31. The summed E-state index contributed by atoms with van der Waals surface area (Å²) in [7, 11) is 1.81. The molecule has 2 unspecified atom stereocenters. The Balaban J connectivity index is 3.10. The van der Waals surface area contributed by atoms with Crippen molar-refractivity contribution >= 4 is 0 Å². The SMILES string of the molecule is CCCC(OCC)C(NC)c1ccc(C(F)(F)F)cc1C. The van der Waals surface area contributed by atoms with Gasteiger partial charge in [-0.25, -0.2) is 0 Å². The molecule has 5 heteroatoms. The molecule has 0 aromatic heterocycles. The van der Waals surface area contributed by atoms with Crippen molar-refractivity contribution < 1.29 is 17.9 Å². The molecule has 0 fully saturated rings. The van der Waals surface area contributed by atoms with E-state index in [2.05, 4.69) is 12.2 Å². The van der Waals surface area contributed by atoms with Crippen LogP contribution in [-0.2, 0) is 10.9 Å². The molecule has 0 aliphatic heterocycles. The molecule has 0 aliphatic carbocycles. The number of alkyl halides is 3. The first-order valence-corrected chi connectivity index (χ1v) is 7.31. The molecular weight excluding hydrogens is 279 g/mol. The van der Waals surface area contributed by atoms with Crippen LogP contribution in [0.5, 0.6) is 0 Å².